The van der Waals surface area contributed by atoms with Crippen LogP contribution < -0.4 is 4.90 Å². The maximum atomic E-state index is 11.7. The molecular formula is C20H22N4O2. The molecule has 3 aromatic rings. The molecule has 3 heterocycles. The van der Waals surface area contributed by atoms with E-state index in [4.69, 9.17) is 5.10 Å². The van der Waals surface area contributed by atoms with E-state index < -0.39 is 5.97 Å². The summed E-state index contributed by atoms with van der Waals surface area (Å²) in [6, 6.07) is 7.80. The van der Waals surface area contributed by atoms with Gasteiger partial charge >= 0.3 is 5.97 Å². The number of fused-ring (bicyclic) bond motifs is 1. The fourth-order valence-electron chi connectivity index (χ4n) is 3.89. The zero-order valence-electron chi connectivity index (χ0n) is 15.3. The number of carboxylic acid groups (broad SMARTS) is 1. The predicted octanol–water partition coefficient (Wildman–Crippen LogP) is 3.62. The average Bonchev–Trinajstić information content (AvgIpc) is 3.22. The van der Waals surface area contributed by atoms with Gasteiger partial charge in [0, 0.05) is 19.2 Å². The molecule has 2 aromatic heterocycles. The molecule has 0 radical (unpaired) electrons. The van der Waals surface area contributed by atoms with E-state index in [2.05, 4.69) is 35.9 Å². The highest BCUT2D eigenvalue weighted by Gasteiger charge is 2.24. The predicted molar refractivity (Wildman–Crippen MR) is 101 cm³/mol. The molecule has 1 aliphatic heterocycles. The first kappa shape index (κ1) is 16.6. The third kappa shape index (κ3) is 2.53. The third-order valence-electron chi connectivity index (χ3n) is 5.13. The Morgan fingerprint density at radius 2 is 1.73 bits per heavy atom. The Balaban J connectivity index is 2.06. The van der Waals surface area contributed by atoms with E-state index >= 15 is 0 Å². The van der Waals surface area contributed by atoms with Gasteiger partial charge in [0.05, 0.1) is 11.3 Å². The highest BCUT2D eigenvalue weighted by atomic mass is 16.4. The van der Waals surface area contributed by atoms with Crippen LogP contribution in [0.3, 0.4) is 0 Å². The van der Waals surface area contributed by atoms with Crippen LogP contribution in [0.4, 0.5) is 5.82 Å². The number of anilines is 1. The molecule has 0 bridgehead atoms. The second-order valence-electron chi connectivity index (χ2n) is 6.96. The number of nitrogens with zero attached hydrogens (tertiary/aromatic N) is 4. The minimum atomic E-state index is -1.01. The average molecular weight is 350 g/mol. The summed E-state index contributed by atoms with van der Waals surface area (Å²) in [5.74, 6) is -0.204. The Hall–Kier alpha value is -2.89. The van der Waals surface area contributed by atoms with Crippen molar-refractivity contribution in [2.24, 2.45) is 0 Å². The Labute approximate surface area is 152 Å². The molecule has 134 valence electrons. The molecular weight excluding hydrogens is 328 g/mol. The largest absolute Gasteiger partial charge is 0.477 e. The maximum Gasteiger partial charge on any atom is 0.354 e. The Morgan fingerprint density at radius 1 is 1.08 bits per heavy atom. The van der Waals surface area contributed by atoms with Crippen molar-refractivity contribution in [2.45, 2.75) is 33.6 Å². The van der Waals surface area contributed by atoms with Crippen molar-refractivity contribution in [1.29, 1.82) is 0 Å². The Bertz CT molecular complexity index is 996. The molecule has 0 aliphatic carbocycles. The first-order chi connectivity index (χ1) is 12.5. The van der Waals surface area contributed by atoms with E-state index in [1.807, 2.05) is 17.5 Å². The molecule has 1 aliphatic rings. The summed E-state index contributed by atoms with van der Waals surface area (Å²) >= 11 is 0. The molecule has 0 spiro atoms. The highest BCUT2D eigenvalue weighted by molar-refractivity contribution is 5.90. The highest BCUT2D eigenvalue weighted by Crippen LogP contribution is 2.35. The maximum absolute atomic E-state index is 11.7. The fraction of sp³-hybridized carbons (Fsp3) is 0.350. The van der Waals surface area contributed by atoms with Gasteiger partial charge in [-0.25, -0.2) is 9.78 Å². The van der Waals surface area contributed by atoms with Gasteiger partial charge in [0.1, 0.15) is 5.82 Å². The van der Waals surface area contributed by atoms with Crippen LogP contribution in [-0.4, -0.2) is 38.8 Å². The van der Waals surface area contributed by atoms with E-state index in [0.29, 0.717) is 5.65 Å². The summed E-state index contributed by atoms with van der Waals surface area (Å²) < 4.78 is 1.81. The minimum Gasteiger partial charge on any atom is -0.477 e. The standard InChI is InChI=1S/C20H22N4O2/c1-12-7-6-8-13(2)17(12)18-14(3)22-24-16(23-9-4-5-10-23)11-15(20(25)26)21-19(18)24/h6-8,11H,4-5,9-10H2,1-3H3,(H,25,26). The van der Waals surface area contributed by atoms with Crippen molar-refractivity contribution >= 4 is 17.4 Å². The number of rotatable bonds is 3. The van der Waals surface area contributed by atoms with Gasteiger partial charge in [-0.3, -0.25) is 0 Å². The summed E-state index contributed by atoms with van der Waals surface area (Å²) in [5.41, 5.74) is 5.81. The number of aryl methyl sites for hydroxylation is 3. The lowest BCUT2D eigenvalue weighted by molar-refractivity contribution is 0.0690. The van der Waals surface area contributed by atoms with Crippen molar-refractivity contribution < 1.29 is 9.90 Å². The summed E-state index contributed by atoms with van der Waals surface area (Å²) in [6.45, 7) is 7.91. The molecule has 0 amide bonds. The topological polar surface area (TPSA) is 70.7 Å². The van der Waals surface area contributed by atoms with Gasteiger partial charge in [-0.1, -0.05) is 18.2 Å². The zero-order chi connectivity index (χ0) is 18.4. The Kier molecular flexibility index (Phi) is 3.90. The van der Waals surface area contributed by atoms with Crippen LogP contribution in [0.25, 0.3) is 16.8 Å². The number of hydrogen-bond acceptors (Lipinski definition) is 4. The molecule has 0 atom stereocenters. The van der Waals surface area contributed by atoms with E-state index in [1.54, 1.807) is 6.07 Å². The van der Waals surface area contributed by atoms with Crippen LogP contribution in [0.15, 0.2) is 24.3 Å². The van der Waals surface area contributed by atoms with Crippen molar-refractivity contribution in [2.75, 3.05) is 18.0 Å². The van der Waals surface area contributed by atoms with E-state index in [1.165, 1.54) is 0 Å². The fourth-order valence-corrected chi connectivity index (χ4v) is 3.89. The number of aromatic carboxylic acids is 1. The number of hydrogen-bond donors (Lipinski definition) is 1. The SMILES string of the molecule is Cc1cccc(C)c1-c1c(C)nn2c(N3CCCC3)cc(C(=O)O)nc12. The molecule has 1 N–H and O–H groups in total. The zero-order valence-corrected chi connectivity index (χ0v) is 15.3. The van der Waals surface area contributed by atoms with Crippen LogP contribution in [0.2, 0.25) is 0 Å². The number of aromatic nitrogens is 3. The van der Waals surface area contributed by atoms with Crippen LogP contribution in [0.1, 0.15) is 40.2 Å². The lowest BCUT2D eigenvalue weighted by atomic mass is 9.96. The molecule has 1 saturated heterocycles. The van der Waals surface area contributed by atoms with E-state index in [0.717, 1.165) is 59.7 Å². The minimum absolute atomic E-state index is 0.0618. The van der Waals surface area contributed by atoms with Gasteiger partial charge in [-0.05, 0) is 50.3 Å². The van der Waals surface area contributed by atoms with Gasteiger partial charge in [0.15, 0.2) is 11.3 Å². The van der Waals surface area contributed by atoms with Crippen molar-refractivity contribution in [1.82, 2.24) is 14.6 Å². The van der Waals surface area contributed by atoms with Gasteiger partial charge in [0.25, 0.3) is 0 Å². The molecule has 4 rings (SSSR count). The van der Waals surface area contributed by atoms with Gasteiger partial charge in [0.2, 0.25) is 0 Å². The lowest BCUT2D eigenvalue weighted by Gasteiger charge is -2.19. The number of carboxylic acids is 1. The smallest absolute Gasteiger partial charge is 0.354 e. The molecule has 6 nitrogen and oxygen atoms in total. The van der Waals surface area contributed by atoms with Gasteiger partial charge < -0.3 is 10.0 Å². The molecule has 1 aromatic carbocycles. The first-order valence-electron chi connectivity index (χ1n) is 8.92. The summed E-state index contributed by atoms with van der Waals surface area (Å²) in [7, 11) is 0. The monoisotopic (exact) mass is 350 g/mol. The molecule has 26 heavy (non-hydrogen) atoms. The molecule has 0 saturated carbocycles. The molecule has 6 heteroatoms. The van der Waals surface area contributed by atoms with E-state index in [9.17, 15) is 9.90 Å². The van der Waals surface area contributed by atoms with Crippen molar-refractivity contribution in [3.05, 3.63) is 46.8 Å². The van der Waals surface area contributed by atoms with Crippen molar-refractivity contribution in [3.63, 3.8) is 0 Å². The normalized spacial score (nSPS) is 14.3. The van der Waals surface area contributed by atoms with Crippen LogP contribution in [-0.2, 0) is 0 Å². The van der Waals surface area contributed by atoms with Crippen molar-refractivity contribution in [3.8, 4) is 11.1 Å². The second-order valence-corrected chi connectivity index (χ2v) is 6.96. The number of carbonyl (C=O) groups is 1. The third-order valence-corrected chi connectivity index (χ3v) is 5.13. The quantitative estimate of drug-likeness (QED) is 0.781. The van der Waals surface area contributed by atoms with Crippen LogP contribution in [0.5, 0.6) is 0 Å². The summed E-state index contributed by atoms with van der Waals surface area (Å²) in [4.78, 5) is 18.3. The van der Waals surface area contributed by atoms with Gasteiger partial charge in [-0.15, -0.1) is 0 Å². The first-order valence-corrected chi connectivity index (χ1v) is 8.92. The lowest BCUT2D eigenvalue weighted by Crippen LogP contribution is -2.22. The van der Waals surface area contributed by atoms with Gasteiger partial charge in [-0.2, -0.15) is 9.61 Å². The number of benzene rings is 1. The summed E-state index contributed by atoms with van der Waals surface area (Å²) in [6.07, 6.45) is 2.21. The van der Waals surface area contributed by atoms with Crippen LogP contribution >= 0.6 is 0 Å². The molecule has 0 unspecified atom stereocenters. The summed E-state index contributed by atoms with van der Waals surface area (Å²) in [5, 5.41) is 14.3. The second kappa shape index (κ2) is 6.12. The molecule has 1 fully saturated rings. The van der Waals surface area contributed by atoms with E-state index in [-0.39, 0.29) is 5.69 Å². The van der Waals surface area contributed by atoms with Crippen LogP contribution in [0, 0.1) is 20.8 Å². The Morgan fingerprint density at radius 3 is 2.35 bits per heavy atom.